The third-order valence-electron chi connectivity index (χ3n) is 2.45. The quantitative estimate of drug-likeness (QED) is 0.607. The first-order chi connectivity index (χ1) is 10.5. The number of carbonyl (C=O) groups excluding carboxylic acids is 1. The molecular weight excluding hydrogens is 284 g/mol. The van der Waals surface area contributed by atoms with E-state index in [1.54, 1.807) is 36.4 Å². The molecule has 0 saturated carbocycles. The summed E-state index contributed by atoms with van der Waals surface area (Å²) in [5.74, 6) is -1.12. The van der Waals surface area contributed by atoms with E-state index in [2.05, 4.69) is 23.8 Å². The Hall–Kier alpha value is -3.02. The minimum Gasteiger partial charge on any atom is -0.484 e. The van der Waals surface area contributed by atoms with Gasteiger partial charge in [-0.05, 0) is 24.3 Å². The SMILES string of the molecule is C=C/C=C(\C=C)Nc1cccc(OCC(=O)NCC(=O)O)c1. The average Bonchev–Trinajstić information content (AvgIpc) is 2.51. The molecule has 0 atom stereocenters. The molecular formula is C16H18N2O4. The summed E-state index contributed by atoms with van der Waals surface area (Å²) in [6.45, 7) is 6.60. The number of ether oxygens (including phenoxy) is 1. The standard InChI is InChI=1S/C16H18N2O4/c1-3-6-12(4-2)18-13-7-5-8-14(9-13)22-11-15(19)17-10-16(20)21/h3-9,18H,1-2,10-11H2,(H,17,19)(H,20,21)/b12-6+. The van der Waals surface area contributed by atoms with Crippen molar-refractivity contribution in [3.8, 4) is 5.75 Å². The number of rotatable bonds is 9. The van der Waals surface area contributed by atoms with Crippen LogP contribution in [0.1, 0.15) is 0 Å². The summed E-state index contributed by atoms with van der Waals surface area (Å²) in [5, 5.41) is 13.8. The second-order valence-electron chi connectivity index (χ2n) is 4.17. The van der Waals surface area contributed by atoms with Crippen molar-refractivity contribution in [1.29, 1.82) is 0 Å². The van der Waals surface area contributed by atoms with E-state index in [0.717, 1.165) is 11.4 Å². The summed E-state index contributed by atoms with van der Waals surface area (Å²) >= 11 is 0. The lowest BCUT2D eigenvalue weighted by Crippen LogP contribution is -2.33. The van der Waals surface area contributed by atoms with Crippen molar-refractivity contribution in [2.75, 3.05) is 18.5 Å². The van der Waals surface area contributed by atoms with Crippen LogP contribution in [0.25, 0.3) is 0 Å². The maximum atomic E-state index is 11.4. The van der Waals surface area contributed by atoms with E-state index >= 15 is 0 Å². The number of hydrogen-bond acceptors (Lipinski definition) is 4. The zero-order valence-electron chi connectivity index (χ0n) is 12.0. The van der Waals surface area contributed by atoms with E-state index in [4.69, 9.17) is 9.84 Å². The number of amides is 1. The normalized spacial score (nSPS) is 10.5. The number of carboxylic acid groups (broad SMARTS) is 1. The highest BCUT2D eigenvalue weighted by Gasteiger charge is 2.05. The Balaban J connectivity index is 2.59. The Morgan fingerprint density at radius 2 is 2.09 bits per heavy atom. The number of allylic oxidation sites excluding steroid dienone is 3. The molecule has 3 N–H and O–H groups in total. The summed E-state index contributed by atoms with van der Waals surface area (Å²) in [5.41, 5.74) is 1.53. The zero-order chi connectivity index (χ0) is 16.4. The monoisotopic (exact) mass is 302 g/mol. The molecule has 0 heterocycles. The molecule has 0 aliphatic heterocycles. The van der Waals surface area contributed by atoms with E-state index in [1.165, 1.54) is 0 Å². The molecule has 0 aliphatic rings. The summed E-state index contributed by atoms with van der Waals surface area (Å²) < 4.78 is 5.31. The van der Waals surface area contributed by atoms with Crippen LogP contribution in [-0.2, 0) is 9.59 Å². The van der Waals surface area contributed by atoms with Gasteiger partial charge in [0.15, 0.2) is 6.61 Å². The highest BCUT2D eigenvalue weighted by atomic mass is 16.5. The van der Waals surface area contributed by atoms with Gasteiger partial charge in [0.25, 0.3) is 5.91 Å². The zero-order valence-corrected chi connectivity index (χ0v) is 12.0. The number of aliphatic carboxylic acids is 1. The van der Waals surface area contributed by atoms with Gasteiger partial charge in [0.2, 0.25) is 0 Å². The first-order valence-electron chi connectivity index (χ1n) is 6.48. The van der Waals surface area contributed by atoms with Crippen molar-refractivity contribution in [1.82, 2.24) is 5.32 Å². The molecule has 0 fully saturated rings. The van der Waals surface area contributed by atoms with Gasteiger partial charge in [0.1, 0.15) is 12.3 Å². The number of hydrogen-bond donors (Lipinski definition) is 3. The van der Waals surface area contributed by atoms with Gasteiger partial charge in [-0.3, -0.25) is 9.59 Å². The van der Waals surface area contributed by atoms with Gasteiger partial charge >= 0.3 is 5.97 Å². The predicted molar refractivity (Wildman–Crippen MR) is 84.7 cm³/mol. The number of carbonyl (C=O) groups is 2. The predicted octanol–water partition coefficient (Wildman–Crippen LogP) is 1.93. The van der Waals surface area contributed by atoms with Crippen LogP contribution >= 0.6 is 0 Å². The fourth-order valence-corrected chi connectivity index (χ4v) is 1.49. The fourth-order valence-electron chi connectivity index (χ4n) is 1.49. The highest BCUT2D eigenvalue weighted by Crippen LogP contribution is 2.19. The maximum absolute atomic E-state index is 11.4. The third kappa shape index (κ3) is 6.42. The lowest BCUT2D eigenvalue weighted by molar-refractivity contribution is -0.138. The van der Waals surface area contributed by atoms with Crippen LogP contribution in [0.15, 0.2) is 61.3 Å². The Morgan fingerprint density at radius 1 is 1.32 bits per heavy atom. The molecule has 0 unspecified atom stereocenters. The molecule has 0 spiro atoms. The molecule has 22 heavy (non-hydrogen) atoms. The maximum Gasteiger partial charge on any atom is 0.322 e. The van der Waals surface area contributed by atoms with Gasteiger partial charge in [-0.2, -0.15) is 0 Å². The van der Waals surface area contributed by atoms with Crippen LogP contribution in [0.3, 0.4) is 0 Å². The van der Waals surface area contributed by atoms with E-state index in [0.29, 0.717) is 5.75 Å². The van der Waals surface area contributed by atoms with Crippen molar-refractivity contribution < 1.29 is 19.4 Å². The van der Waals surface area contributed by atoms with Crippen LogP contribution in [0, 0.1) is 0 Å². The third-order valence-corrected chi connectivity index (χ3v) is 2.45. The van der Waals surface area contributed by atoms with E-state index < -0.39 is 18.4 Å². The molecule has 6 heteroatoms. The molecule has 0 radical (unpaired) electrons. The van der Waals surface area contributed by atoms with Gasteiger partial charge < -0.3 is 20.5 Å². The number of benzene rings is 1. The Kier molecular flexibility index (Phi) is 6.98. The highest BCUT2D eigenvalue weighted by molar-refractivity contribution is 5.82. The largest absolute Gasteiger partial charge is 0.484 e. The lowest BCUT2D eigenvalue weighted by Gasteiger charge is -2.10. The Morgan fingerprint density at radius 3 is 2.73 bits per heavy atom. The van der Waals surface area contributed by atoms with Crippen molar-refractivity contribution >= 4 is 17.6 Å². The number of carboxylic acids is 1. The van der Waals surface area contributed by atoms with Crippen molar-refractivity contribution in [3.05, 3.63) is 61.3 Å². The summed E-state index contributed by atoms with van der Waals surface area (Å²) in [6, 6.07) is 7.00. The molecule has 6 nitrogen and oxygen atoms in total. The fraction of sp³-hybridized carbons (Fsp3) is 0.125. The van der Waals surface area contributed by atoms with Gasteiger partial charge in [0, 0.05) is 17.5 Å². The van der Waals surface area contributed by atoms with Crippen molar-refractivity contribution in [2.45, 2.75) is 0 Å². The van der Waals surface area contributed by atoms with Crippen molar-refractivity contribution in [2.24, 2.45) is 0 Å². The smallest absolute Gasteiger partial charge is 0.322 e. The van der Waals surface area contributed by atoms with Crippen LogP contribution in [-0.4, -0.2) is 30.1 Å². The van der Waals surface area contributed by atoms with E-state index in [9.17, 15) is 9.59 Å². The molecule has 0 aliphatic carbocycles. The second-order valence-corrected chi connectivity index (χ2v) is 4.17. The van der Waals surface area contributed by atoms with Gasteiger partial charge in [-0.15, -0.1) is 0 Å². The summed E-state index contributed by atoms with van der Waals surface area (Å²) in [4.78, 5) is 21.7. The first-order valence-corrected chi connectivity index (χ1v) is 6.48. The van der Waals surface area contributed by atoms with E-state index in [1.807, 2.05) is 6.07 Å². The van der Waals surface area contributed by atoms with Crippen LogP contribution < -0.4 is 15.4 Å². The topological polar surface area (TPSA) is 87.7 Å². The molecule has 1 rings (SSSR count). The Labute approximate surface area is 128 Å². The lowest BCUT2D eigenvalue weighted by atomic mass is 10.2. The van der Waals surface area contributed by atoms with Crippen molar-refractivity contribution in [3.63, 3.8) is 0 Å². The first kappa shape index (κ1) is 17.0. The van der Waals surface area contributed by atoms with Crippen LogP contribution in [0.5, 0.6) is 5.75 Å². The molecule has 116 valence electrons. The minimum atomic E-state index is -1.11. The summed E-state index contributed by atoms with van der Waals surface area (Å²) in [7, 11) is 0. The van der Waals surface area contributed by atoms with Gasteiger partial charge in [-0.25, -0.2) is 0 Å². The average molecular weight is 302 g/mol. The molecule has 0 bridgehead atoms. The Bertz CT molecular complexity index is 594. The number of nitrogens with one attached hydrogen (secondary N) is 2. The molecule has 1 aromatic carbocycles. The van der Waals surface area contributed by atoms with Crippen LogP contribution in [0.2, 0.25) is 0 Å². The second kappa shape index (κ2) is 9.02. The molecule has 0 aromatic heterocycles. The molecule has 0 saturated heterocycles. The summed E-state index contributed by atoms with van der Waals surface area (Å²) in [6.07, 6.45) is 5.05. The number of anilines is 1. The minimum absolute atomic E-state index is 0.256. The molecule has 1 amide bonds. The molecule has 1 aromatic rings. The van der Waals surface area contributed by atoms with E-state index in [-0.39, 0.29) is 6.61 Å². The van der Waals surface area contributed by atoms with Gasteiger partial charge in [0.05, 0.1) is 0 Å². The van der Waals surface area contributed by atoms with Gasteiger partial charge in [-0.1, -0.05) is 25.3 Å². The van der Waals surface area contributed by atoms with Crippen LogP contribution in [0.4, 0.5) is 5.69 Å².